The van der Waals surface area contributed by atoms with Crippen molar-refractivity contribution in [1.82, 2.24) is 9.29 Å². The van der Waals surface area contributed by atoms with E-state index in [9.17, 15) is 17.6 Å². The standard InChI is InChI=1S/C28H25FN4O3S/c29-22-9-11-23(12-10-22)32-26-16-21-13-15-33(37(35,36)24-6-2-1-3-7-24)19-28(21,17-20(26)18-30)27(34)25-8-4-5-14-31-25/h1-12,14,16,18H,13,15,17,19,30H2/t28-/m0/s1. The Balaban J connectivity index is 1.62. The molecular formula is C28H25FN4O3S. The fourth-order valence-electron chi connectivity index (χ4n) is 4.91. The van der Waals surface area contributed by atoms with Gasteiger partial charge in [-0.05, 0) is 79.2 Å². The Morgan fingerprint density at radius 1 is 1.05 bits per heavy atom. The number of carbonyl (C=O) groups excluding carboxylic acids is 1. The molecule has 188 valence electrons. The summed E-state index contributed by atoms with van der Waals surface area (Å²) in [7, 11) is -3.84. The van der Waals surface area contributed by atoms with E-state index in [1.165, 1.54) is 22.6 Å². The number of nitrogens with two attached hydrogens (primary N) is 1. The lowest BCUT2D eigenvalue weighted by atomic mass is 9.64. The number of ketones is 1. The normalized spacial score (nSPS) is 22.5. The van der Waals surface area contributed by atoms with Crippen LogP contribution < -0.4 is 5.73 Å². The van der Waals surface area contributed by atoms with Gasteiger partial charge >= 0.3 is 0 Å². The summed E-state index contributed by atoms with van der Waals surface area (Å²) in [6, 6.07) is 19.0. The third-order valence-electron chi connectivity index (χ3n) is 6.81. The van der Waals surface area contributed by atoms with Gasteiger partial charge in [-0.2, -0.15) is 4.31 Å². The predicted molar refractivity (Wildman–Crippen MR) is 139 cm³/mol. The molecule has 2 aliphatic rings. The second-order valence-electron chi connectivity index (χ2n) is 9.04. The Morgan fingerprint density at radius 3 is 2.46 bits per heavy atom. The number of rotatable bonds is 5. The highest BCUT2D eigenvalue weighted by Crippen LogP contribution is 2.47. The summed E-state index contributed by atoms with van der Waals surface area (Å²) in [4.78, 5) is 23.1. The van der Waals surface area contributed by atoms with E-state index >= 15 is 0 Å². The van der Waals surface area contributed by atoms with Crippen molar-refractivity contribution in [1.29, 1.82) is 0 Å². The van der Waals surface area contributed by atoms with Gasteiger partial charge in [-0.1, -0.05) is 29.8 Å². The number of Topliss-reactive ketones (excluding diaryl/α,β-unsaturated/α-hetero) is 1. The molecule has 2 aromatic carbocycles. The number of piperidine rings is 1. The SMILES string of the molecule is NC=C1C[C@]2(C(=O)c3ccccn3)CN(S(=O)(=O)c3ccccc3)CCC2=CC1=Nc1ccc(F)cc1. The molecule has 2 heterocycles. The summed E-state index contributed by atoms with van der Waals surface area (Å²) in [5.74, 6) is -0.639. The van der Waals surface area contributed by atoms with Crippen molar-refractivity contribution in [3.05, 3.63) is 114 Å². The van der Waals surface area contributed by atoms with Crippen LogP contribution in [-0.2, 0) is 10.0 Å². The lowest BCUT2D eigenvalue weighted by Gasteiger charge is -2.45. The molecule has 37 heavy (non-hydrogen) atoms. The highest BCUT2D eigenvalue weighted by Gasteiger charge is 2.51. The molecule has 0 radical (unpaired) electrons. The van der Waals surface area contributed by atoms with E-state index in [-0.39, 0.29) is 41.7 Å². The van der Waals surface area contributed by atoms with E-state index in [2.05, 4.69) is 9.98 Å². The van der Waals surface area contributed by atoms with Crippen LogP contribution in [0.2, 0.25) is 0 Å². The number of hydrogen-bond acceptors (Lipinski definition) is 6. The van der Waals surface area contributed by atoms with Crippen molar-refractivity contribution in [2.24, 2.45) is 16.1 Å². The van der Waals surface area contributed by atoms with Gasteiger partial charge < -0.3 is 5.73 Å². The van der Waals surface area contributed by atoms with E-state index in [0.717, 1.165) is 5.57 Å². The molecule has 0 bridgehead atoms. The molecule has 0 saturated carbocycles. The van der Waals surface area contributed by atoms with Gasteiger partial charge in [0.05, 0.1) is 21.7 Å². The van der Waals surface area contributed by atoms with E-state index in [0.29, 0.717) is 23.4 Å². The Labute approximate surface area is 214 Å². The molecule has 1 aromatic heterocycles. The van der Waals surface area contributed by atoms with Crippen LogP contribution in [0.1, 0.15) is 23.3 Å². The molecule has 0 spiro atoms. The summed E-state index contributed by atoms with van der Waals surface area (Å²) >= 11 is 0. The van der Waals surface area contributed by atoms with Crippen molar-refractivity contribution >= 4 is 27.2 Å². The number of fused-ring (bicyclic) bond motifs is 1. The first-order chi connectivity index (χ1) is 17.8. The highest BCUT2D eigenvalue weighted by molar-refractivity contribution is 7.89. The Morgan fingerprint density at radius 2 is 1.78 bits per heavy atom. The summed E-state index contributed by atoms with van der Waals surface area (Å²) in [6.45, 7) is 0.165. The maximum atomic E-state index is 14.1. The average molecular weight is 517 g/mol. The first-order valence-electron chi connectivity index (χ1n) is 11.8. The zero-order chi connectivity index (χ0) is 26.0. The zero-order valence-electron chi connectivity index (χ0n) is 19.9. The predicted octanol–water partition coefficient (Wildman–Crippen LogP) is 4.43. The van der Waals surface area contributed by atoms with Crippen LogP contribution in [0.15, 0.2) is 112 Å². The molecule has 1 atom stereocenters. The Bertz CT molecular complexity index is 1520. The number of aliphatic imine (C=N–C) groups is 1. The second kappa shape index (κ2) is 9.84. The molecule has 9 heteroatoms. The largest absolute Gasteiger partial charge is 0.404 e. The van der Waals surface area contributed by atoms with Crippen molar-refractivity contribution in [2.45, 2.75) is 17.7 Å². The van der Waals surface area contributed by atoms with Crippen LogP contribution in [0.5, 0.6) is 0 Å². The minimum absolute atomic E-state index is 0.0490. The smallest absolute Gasteiger partial charge is 0.243 e. The summed E-state index contributed by atoms with van der Waals surface area (Å²) in [5, 5.41) is 0. The number of aromatic nitrogens is 1. The molecule has 3 aromatic rings. The summed E-state index contributed by atoms with van der Waals surface area (Å²) in [5.41, 5.74) is 7.54. The second-order valence-corrected chi connectivity index (χ2v) is 11.0. The van der Waals surface area contributed by atoms with Crippen molar-refractivity contribution in [2.75, 3.05) is 13.1 Å². The number of nitrogens with zero attached hydrogens (tertiary/aromatic N) is 3. The van der Waals surface area contributed by atoms with Gasteiger partial charge in [0.2, 0.25) is 10.0 Å². The molecule has 7 nitrogen and oxygen atoms in total. The molecule has 1 aliphatic heterocycles. The van der Waals surface area contributed by atoms with Crippen LogP contribution in [0.4, 0.5) is 10.1 Å². The van der Waals surface area contributed by atoms with E-state index in [1.807, 2.05) is 6.08 Å². The number of allylic oxidation sites excluding steroid dienone is 2. The topological polar surface area (TPSA) is 106 Å². The first kappa shape index (κ1) is 24.7. The third-order valence-corrected chi connectivity index (χ3v) is 8.67. The number of hydrogen-bond donors (Lipinski definition) is 1. The number of carbonyl (C=O) groups is 1. The fraction of sp³-hybridized carbons (Fsp3) is 0.179. The third kappa shape index (κ3) is 4.63. The van der Waals surface area contributed by atoms with Crippen molar-refractivity contribution in [3.8, 4) is 0 Å². The van der Waals surface area contributed by atoms with Crippen molar-refractivity contribution < 1.29 is 17.6 Å². The van der Waals surface area contributed by atoms with Gasteiger partial charge in [0, 0.05) is 19.3 Å². The quantitative estimate of drug-likeness (QED) is 0.505. The minimum Gasteiger partial charge on any atom is -0.404 e. The molecule has 2 N–H and O–H groups in total. The monoisotopic (exact) mass is 516 g/mol. The highest BCUT2D eigenvalue weighted by atomic mass is 32.2. The molecular weight excluding hydrogens is 491 g/mol. The lowest BCUT2D eigenvalue weighted by Crippen LogP contribution is -2.53. The lowest BCUT2D eigenvalue weighted by molar-refractivity contribution is 0.0770. The van der Waals surface area contributed by atoms with Gasteiger partial charge in [0.15, 0.2) is 5.78 Å². The average Bonchev–Trinajstić information content (AvgIpc) is 2.94. The molecule has 1 fully saturated rings. The number of benzene rings is 2. The van der Waals surface area contributed by atoms with Gasteiger partial charge in [-0.25, -0.2) is 17.8 Å². The van der Waals surface area contributed by atoms with E-state index < -0.39 is 15.4 Å². The summed E-state index contributed by atoms with van der Waals surface area (Å²) < 4.78 is 41.8. The van der Waals surface area contributed by atoms with Gasteiger partial charge in [0.1, 0.15) is 11.5 Å². The van der Waals surface area contributed by atoms with Crippen LogP contribution in [0, 0.1) is 11.2 Å². The number of halogens is 1. The maximum Gasteiger partial charge on any atom is 0.243 e. The molecule has 1 saturated heterocycles. The Hall–Kier alpha value is -3.95. The summed E-state index contributed by atoms with van der Waals surface area (Å²) in [6.07, 6.45) is 5.25. The molecule has 5 rings (SSSR count). The van der Waals surface area contributed by atoms with Crippen LogP contribution in [-0.4, -0.2) is 42.3 Å². The fourth-order valence-corrected chi connectivity index (χ4v) is 6.43. The van der Waals surface area contributed by atoms with Crippen LogP contribution in [0.3, 0.4) is 0 Å². The number of pyridine rings is 1. The Kier molecular flexibility index (Phi) is 6.57. The first-order valence-corrected chi connectivity index (χ1v) is 13.2. The van der Waals surface area contributed by atoms with Crippen molar-refractivity contribution in [3.63, 3.8) is 0 Å². The van der Waals surface area contributed by atoms with Gasteiger partial charge in [-0.3, -0.25) is 9.78 Å². The van der Waals surface area contributed by atoms with Gasteiger partial charge in [-0.15, -0.1) is 0 Å². The van der Waals surface area contributed by atoms with E-state index in [4.69, 9.17) is 5.73 Å². The van der Waals surface area contributed by atoms with E-state index in [1.54, 1.807) is 66.9 Å². The molecule has 1 aliphatic carbocycles. The molecule has 0 unspecified atom stereocenters. The number of sulfonamides is 1. The minimum atomic E-state index is -3.84. The van der Waals surface area contributed by atoms with Crippen LogP contribution >= 0.6 is 0 Å². The maximum absolute atomic E-state index is 14.1. The zero-order valence-corrected chi connectivity index (χ0v) is 20.7. The van der Waals surface area contributed by atoms with Crippen LogP contribution in [0.25, 0.3) is 0 Å². The molecule has 0 amide bonds. The van der Waals surface area contributed by atoms with Gasteiger partial charge in [0.25, 0.3) is 0 Å².